The van der Waals surface area contributed by atoms with E-state index in [9.17, 15) is 4.79 Å². The Morgan fingerprint density at radius 1 is 1.08 bits per heavy atom. The maximum Gasteiger partial charge on any atom is 0.228 e. The lowest BCUT2D eigenvalue weighted by Gasteiger charge is -2.29. The molecule has 1 amide bonds. The first-order chi connectivity index (χ1) is 12.5. The molecule has 1 saturated heterocycles. The second kappa shape index (κ2) is 8.37. The van der Waals surface area contributed by atoms with Crippen molar-refractivity contribution in [3.63, 3.8) is 0 Å². The number of benzene rings is 2. The van der Waals surface area contributed by atoms with Crippen molar-refractivity contribution in [3.8, 4) is 5.75 Å². The monoisotopic (exact) mass is 352 g/mol. The van der Waals surface area contributed by atoms with E-state index in [1.807, 2.05) is 30.3 Å². The molecule has 2 aromatic rings. The number of nitrogens with one attached hydrogen (secondary N) is 1. The molecule has 4 heteroatoms. The van der Waals surface area contributed by atoms with E-state index < -0.39 is 0 Å². The third-order valence-corrected chi connectivity index (χ3v) is 5.04. The molecule has 1 N–H and O–H groups in total. The summed E-state index contributed by atoms with van der Waals surface area (Å²) in [4.78, 5) is 14.6. The predicted molar refractivity (Wildman–Crippen MR) is 106 cm³/mol. The lowest BCUT2D eigenvalue weighted by atomic mass is 10.0. The Balaban J connectivity index is 1.51. The van der Waals surface area contributed by atoms with Gasteiger partial charge in [-0.3, -0.25) is 4.79 Å². The molecule has 0 spiro atoms. The Morgan fingerprint density at radius 3 is 2.42 bits per heavy atom. The van der Waals surface area contributed by atoms with Gasteiger partial charge in [0.25, 0.3) is 0 Å². The van der Waals surface area contributed by atoms with E-state index in [-0.39, 0.29) is 12.0 Å². The van der Waals surface area contributed by atoms with E-state index in [0.29, 0.717) is 6.42 Å². The van der Waals surface area contributed by atoms with Gasteiger partial charge in [-0.25, -0.2) is 0 Å². The summed E-state index contributed by atoms with van der Waals surface area (Å²) in [6.07, 6.45) is 2.79. The van der Waals surface area contributed by atoms with Gasteiger partial charge in [0.2, 0.25) is 5.91 Å². The first-order valence-electron chi connectivity index (χ1n) is 9.31. The number of carbonyl (C=O) groups is 1. The average Bonchev–Trinajstić information content (AvgIpc) is 2.62. The molecule has 0 atom stereocenters. The number of nitrogens with zero attached hydrogens (tertiary/aromatic N) is 1. The van der Waals surface area contributed by atoms with Crippen molar-refractivity contribution in [1.82, 2.24) is 4.90 Å². The number of piperidine rings is 1. The molecule has 2 aromatic carbocycles. The fraction of sp³-hybridized carbons (Fsp3) is 0.409. The van der Waals surface area contributed by atoms with Crippen molar-refractivity contribution in [1.29, 1.82) is 0 Å². The maximum atomic E-state index is 12.3. The van der Waals surface area contributed by atoms with Crippen LogP contribution in [0.15, 0.2) is 42.5 Å². The molecule has 1 fully saturated rings. The maximum absolute atomic E-state index is 12.3. The summed E-state index contributed by atoms with van der Waals surface area (Å²) in [6, 6.07) is 13.8. The van der Waals surface area contributed by atoms with Gasteiger partial charge in [-0.05, 0) is 74.7 Å². The van der Waals surface area contributed by atoms with Crippen molar-refractivity contribution in [2.45, 2.75) is 39.2 Å². The van der Waals surface area contributed by atoms with Crippen molar-refractivity contribution >= 4 is 11.6 Å². The summed E-state index contributed by atoms with van der Waals surface area (Å²) in [5.41, 5.74) is 4.29. The molecule has 1 aliphatic rings. The Hall–Kier alpha value is -2.33. The number of hydrogen-bond donors (Lipinski definition) is 1. The number of aryl methyl sites for hydroxylation is 2. The van der Waals surface area contributed by atoms with Gasteiger partial charge >= 0.3 is 0 Å². The van der Waals surface area contributed by atoms with Crippen molar-refractivity contribution in [2.75, 3.05) is 25.5 Å². The number of amides is 1. The molecule has 0 aliphatic carbocycles. The molecule has 138 valence electrons. The zero-order valence-corrected chi connectivity index (χ0v) is 15.9. The molecule has 0 unspecified atom stereocenters. The van der Waals surface area contributed by atoms with Crippen molar-refractivity contribution < 1.29 is 9.53 Å². The number of rotatable bonds is 5. The zero-order chi connectivity index (χ0) is 18.5. The van der Waals surface area contributed by atoms with Gasteiger partial charge in [-0.1, -0.05) is 18.2 Å². The number of hydrogen-bond acceptors (Lipinski definition) is 3. The molecule has 0 saturated carbocycles. The molecule has 3 rings (SSSR count). The van der Waals surface area contributed by atoms with Gasteiger partial charge in [0.1, 0.15) is 11.9 Å². The van der Waals surface area contributed by atoms with Gasteiger partial charge in [0.05, 0.1) is 6.42 Å². The summed E-state index contributed by atoms with van der Waals surface area (Å²) < 4.78 is 6.04. The van der Waals surface area contributed by atoms with Crippen LogP contribution in [0.3, 0.4) is 0 Å². The highest BCUT2D eigenvalue weighted by Gasteiger charge is 2.17. The van der Waals surface area contributed by atoms with E-state index in [1.54, 1.807) is 0 Å². The van der Waals surface area contributed by atoms with Gasteiger partial charge in [-0.15, -0.1) is 0 Å². The Morgan fingerprint density at radius 2 is 1.77 bits per heavy atom. The quantitative estimate of drug-likeness (QED) is 0.886. The van der Waals surface area contributed by atoms with Crippen LogP contribution in [-0.2, 0) is 11.2 Å². The lowest BCUT2D eigenvalue weighted by molar-refractivity contribution is -0.115. The molecule has 26 heavy (non-hydrogen) atoms. The van der Waals surface area contributed by atoms with E-state index in [0.717, 1.165) is 42.9 Å². The Labute approximate surface area is 156 Å². The second-order valence-electron chi connectivity index (χ2n) is 7.29. The average molecular weight is 352 g/mol. The van der Waals surface area contributed by atoms with Crippen LogP contribution in [0.2, 0.25) is 0 Å². The van der Waals surface area contributed by atoms with Crippen LogP contribution in [0.4, 0.5) is 5.69 Å². The van der Waals surface area contributed by atoms with Gasteiger partial charge < -0.3 is 15.0 Å². The minimum Gasteiger partial charge on any atom is -0.490 e. The summed E-state index contributed by atoms with van der Waals surface area (Å²) in [5.74, 6) is 0.865. The number of ether oxygens (including phenoxy) is 1. The van der Waals surface area contributed by atoms with Crippen LogP contribution in [0.1, 0.15) is 29.5 Å². The van der Waals surface area contributed by atoms with Gasteiger partial charge in [0.15, 0.2) is 0 Å². The number of carbonyl (C=O) groups excluding carboxylic acids is 1. The third-order valence-electron chi connectivity index (χ3n) is 5.04. The first kappa shape index (κ1) is 18.5. The van der Waals surface area contributed by atoms with E-state index in [4.69, 9.17) is 4.74 Å². The molecular formula is C22H28N2O2. The van der Waals surface area contributed by atoms with Crippen LogP contribution < -0.4 is 10.1 Å². The Bertz CT molecular complexity index is 747. The molecule has 1 aliphatic heterocycles. The third kappa shape index (κ3) is 5.09. The van der Waals surface area contributed by atoms with E-state index in [2.05, 4.69) is 43.2 Å². The van der Waals surface area contributed by atoms with E-state index in [1.165, 1.54) is 11.1 Å². The van der Waals surface area contributed by atoms with Crippen LogP contribution in [0, 0.1) is 13.8 Å². The molecule has 0 bridgehead atoms. The number of anilines is 1. The highest BCUT2D eigenvalue weighted by molar-refractivity contribution is 5.92. The van der Waals surface area contributed by atoms with Crippen molar-refractivity contribution in [2.24, 2.45) is 0 Å². The summed E-state index contributed by atoms with van der Waals surface area (Å²) in [6.45, 7) is 6.31. The molecule has 1 heterocycles. The number of likely N-dealkylation sites (tertiary alicyclic amines) is 1. The van der Waals surface area contributed by atoms with Crippen LogP contribution >= 0.6 is 0 Å². The minimum absolute atomic E-state index is 0.00256. The SMILES string of the molecule is Cc1ccc(CC(=O)Nc2ccc(OC3CCN(C)CC3)cc2)cc1C. The van der Waals surface area contributed by atoms with Crippen LogP contribution in [-0.4, -0.2) is 37.0 Å². The van der Waals surface area contributed by atoms with E-state index >= 15 is 0 Å². The van der Waals surface area contributed by atoms with Gasteiger partial charge in [-0.2, -0.15) is 0 Å². The van der Waals surface area contributed by atoms with Crippen LogP contribution in [0.5, 0.6) is 5.75 Å². The lowest BCUT2D eigenvalue weighted by Crippen LogP contribution is -2.35. The Kier molecular flexibility index (Phi) is 5.94. The predicted octanol–water partition coefficient (Wildman–Crippen LogP) is 3.96. The highest BCUT2D eigenvalue weighted by atomic mass is 16.5. The fourth-order valence-corrected chi connectivity index (χ4v) is 3.22. The molecular weight excluding hydrogens is 324 g/mol. The highest BCUT2D eigenvalue weighted by Crippen LogP contribution is 2.21. The van der Waals surface area contributed by atoms with Gasteiger partial charge in [0, 0.05) is 18.8 Å². The topological polar surface area (TPSA) is 41.6 Å². The second-order valence-corrected chi connectivity index (χ2v) is 7.29. The standard InChI is InChI=1S/C22H28N2O2/c1-16-4-5-18(14-17(16)2)15-22(25)23-19-6-8-20(9-7-19)26-21-10-12-24(3)13-11-21/h4-9,14,21H,10-13,15H2,1-3H3,(H,23,25). The molecule has 0 aromatic heterocycles. The summed E-state index contributed by atoms with van der Waals surface area (Å²) in [7, 11) is 2.14. The molecule has 0 radical (unpaired) electrons. The summed E-state index contributed by atoms with van der Waals surface area (Å²) in [5, 5.41) is 2.96. The molecule has 4 nitrogen and oxygen atoms in total. The van der Waals surface area contributed by atoms with Crippen molar-refractivity contribution in [3.05, 3.63) is 59.2 Å². The fourth-order valence-electron chi connectivity index (χ4n) is 3.22. The normalized spacial score (nSPS) is 15.7. The largest absolute Gasteiger partial charge is 0.490 e. The first-order valence-corrected chi connectivity index (χ1v) is 9.31. The minimum atomic E-state index is -0.00256. The van der Waals surface area contributed by atoms with Crippen LogP contribution in [0.25, 0.3) is 0 Å². The summed E-state index contributed by atoms with van der Waals surface area (Å²) >= 11 is 0. The zero-order valence-electron chi connectivity index (χ0n) is 15.9. The smallest absolute Gasteiger partial charge is 0.228 e.